The molecular weight excluding hydrogens is 414 g/mol. The average Bonchev–Trinajstić information content (AvgIpc) is 3.16. The highest BCUT2D eigenvalue weighted by atomic mass is 35.5. The van der Waals surface area contributed by atoms with Crippen molar-refractivity contribution in [2.24, 2.45) is 5.92 Å². The summed E-state index contributed by atoms with van der Waals surface area (Å²) < 4.78 is 0. The number of carbonyl (C=O) groups excluding carboxylic acids is 3. The molecule has 0 aromatic heterocycles. The summed E-state index contributed by atoms with van der Waals surface area (Å²) in [5.41, 5.74) is 2.33. The molecule has 31 heavy (non-hydrogen) atoms. The van der Waals surface area contributed by atoms with Gasteiger partial charge in [0.05, 0.1) is 5.92 Å². The Hall–Kier alpha value is -3.64. The van der Waals surface area contributed by atoms with E-state index in [4.69, 9.17) is 11.6 Å². The lowest BCUT2D eigenvalue weighted by molar-refractivity contribution is -0.122. The summed E-state index contributed by atoms with van der Waals surface area (Å²) in [6.07, 6.45) is 0.128. The minimum atomic E-state index is -0.478. The van der Waals surface area contributed by atoms with Crippen LogP contribution in [0.2, 0.25) is 5.02 Å². The zero-order chi connectivity index (χ0) is 21.8. The first-order valence-corrected chi connectivity index (χ1v) is 10.2. The number of amides is 3. The van der Waals surface area contributed by atoms with Crippen LogP contribution in [0.4, 0.5) is 17.1 Å². The topological polar surface area (TPSA) is 78.5 Å². The number of hydrogen-bond acceptors (Lipinski definition) is 3. The Morgan fingerprint density at radius 2 is 1.58 bits per heavy atom. The molecule has 1 fully saturated rings. The van der Waals surface area contributed by atoms with Gasteiger partial charge in [0, 0.05) is 40.6 Å². The van der Waals surface area contributed by atoms with E-state index in [1.165, 1.54) is 0 Å². The fourth-order valence-electron chi connectivity index (χ4n) is 3.49. The highest BCUT2D eigenvalue weighted by Gasteiger charge is 2.35. The van der Waals surface area contributed by atoms with E-state index in [-0.39, 0.29) is 30.7 Å². The molecule has 0 aliphatic carbocycles. The quantitative estimate of drug-likeness (QED) is 0.618. The van der Waals surface area contributed by atoms with Crippen molar-refractivity contribution in [1.29, 1.82) is 0 Å². The van der Waals surface area contributed by atoms with Gasteiger partial charge >= 0.3 is 0 Å². The molecule has 0 radical (unpaired) electrons. The van der Waals surface area contributed by atoms with Crippen molar-refractivity contribution in [2.45, 2.75) is 6.42 Å². The molecule has 3 amide bonds. The second kappa shape index (κ2) is 9.02. The predicted molar refractivity (Wildman–Crippen MR) is 121 cm³/mol. The van der Waals surface area contributed by atoms with Crippen molar-refractivity contribution >= 4 is 46.4 Å². The molecule has 6 nitrogen and oxygen atoms in total. The Kier molecular flexibility index (Phi) is 6.00. The van der Waals surface area contributed by atoms with E-state index < -0.39 is 5.92 Å². The van der Waals surface area contributed by atoms with E-state index in [1.54, 1.807) is 77.7 Å². The van der Waals surface area contributed by atoms with Gasteiger partial charge in [-0.05, 0) is 48.5 Å². The number of nitrogens with zero attached hydrogens (tertiary/aromatic N) is 1. The molecule has 0 saturated carbocycles. The van der Waals surface area contributed by atoms with E-state index in [2.05, 4.69) is 10.6 Å². The van der Waals surface area contributed by atoms with Crippen LogP contribution in [0.3, 0.4) is 0 Å². The van der Waals surface area contributed by atoms with Crippen LogP contribution in [0.25, 0.3) is 0 Å². The summed E-state index contributed by atoms with van der Waals surface area (Å²) >= 11 is 6.02. The monoisotopic (exact) mass is 433 g/mol. The number of benzene rings is 3. The Labute approximate surface area is 184 Å². The Morgan fingerprint density at radius 3 is 2.32 bits per heavy atom. The average molecular weight is 434 g/mol. The van der Waals surface area contributed by atoms with Crippen LogP contribution in [0, 0.1) is 5.92 Å². The smallest absolute Gasteiger partial charge is 0.255 e. The number of nitrogens with one attached hydrogen (secondary N) is 2. The van der Waals surface area contributed by atoms with Crippen molar-refractivity contribution in [2.75, 3.05) is 22.1 Å². The van der Waals surface area contributed by atoms with Gasteiger partial charge in [-0.3, -0.25) is 14.4 Å². The Bertz CT molecular complexity index is 1130. The molecule has 156 valence electrons. The zero-order valence-corrected chi connectivity index (χ0v) is 17.3. The van der Waals surface area contributed by atoms with Crippen LogP contribution in [-0.2, 0) is 9.59 Å². The fourth-order valence-corrected chi connectivity index (χ4v) is 3.67. The summed E-state index contributed by atoms with van der Waals surface area (Å²) in [5.74, 6) is -1.08. The van der Waals surface area contributed by atoms with E-state index in [0.29, 0.717) is 27.6 Å². The van der Waals surface area contributed by atoms with Crippen LogP contribution < -0.4 is 15.5 Å². The van der Waals surface area contributed by atoms with E-state index in [9.17, 15) is 14.4 Å². The number of carbonyl (C=O) groups is 3. The molecule has 7 heteroatoms. The van der Waals surface area contributed by atoms with Crippen molar-refractivity contribution in [3.05, 3.63) is 89.4 Å². The second-order valence-electron chi connectivity index (χ2n) is 7.28. The van der Waals surface area contributed by atoms with Gasteiger partial charge in [0.1, 0.15) is 0 Å². The zero-order valence-electron chi connectivity index (χ0n) is 16.5. The fraction of sp³-hybridized carbons (Fsp3) is 0.125. The van der Waals surface area contributed by atoms with Crippen LogP contribution in [0.5, 0.6) is 0 Å². The molecule has 1 unspecified atom stereocenters. The predicted octanol–water partition coefficient (Wildman–Crippen LogP) is 4.58. The molecule has 2 N–H and O–H groups in total. The van der Waals surface area contributed by atoms with E-state index >= 15 is 0 Å². The lowest BCUT2D eigenvalue weighted by Gasteiger charge is -2.17. The van der Waals surface area contributed by atoms with Gasteiger partial charge in [0.15, 0.2) is 0 Å². The SMILES string of the molecule is O=C(Nc1cccc(NC(=O)C2CC(=O)N(c3cccc(Cl)c3)C2)c1)c1ccccc1. The lowest BCUT2D eigenvalue weighted by atomic mass is 10.1. The maximum atomic E-state index is 12.8. The molecule has 3 aromatic rings. The number of rotatable bonds is 5. The number of anilines is 3. The largest absolute Gasteiger partial charge is 0.326 e. The molecule has 4 rings (SSSR count). The molecule has 1 saturated heterocycles. The van der Waals surface area contributed by atoms with Gasteiger partial charge in [0.2, 0.25) is 11.8 Å². The minimum Gasteiger partial charge on any atom is -0.326 e. The highest BCUT2D eigenvalue weighted by Crippen LogP contribution is 2.28. The molecule has 0 bridgehead atoms. The molecule has 1 aliphatic heterocycles. The maximum Gasteiger partial charge on any atom is 0.255 e. The van der Waals surface area contributed by atoms with Crippen LogP contribution >= 0.6 is 11.6 Å². The third kappa shape index (κ3) is 4.92. The molecule has 3 aromatic carbocycles. The first-order valence-electron chi connectivity index (χ1n) is 9.83. The van der Waals surface area contributed by atoms with Crippen molar-refractivity contribution in [3.63, 3.8) is 0 Å². The highest BCUT2D eigenvalue weighted by molar-refractivity contribution is 6.31. The summed E-state index contributed by atoms with van der Waals surface area (Å²) in [5, 5.41) is 6.20. The normalized spacial score (nSPS) is 15.6. The molecule has 1 atom stereocenters. The summed E-state index contributed by atoms with van der Waals surface area (Å²) in [7, 11) is 0. The van der Waals surface area contributed by atoms with Gasteiger partial charge in [-0.25, -0.2) is 0 Å². The third-order valence-corrected chi connectivity index (χ3v) is 5.27. The summed E-state index contributed by atoms with van der Waals surface area (Å²) in [4.78, 5) is 39.1. The van der Waals surface area contributed by atoms with Crippen molar-refractivity contribution < 1.29 is 14.4 Å². The number of halogens is 1. The van der Waals surface area contributed by atoms with Gasteiger partial charge < -0.3 is 15.5 Å². The van der Waals surface area contributed by atoms with Gasteiger partial charge in [0.25, 0.3) is 5.91 Å². The van der Waals surface area contributed by atoms with Crippen molar-refractivity contribution in [1.82, 2.24) is 0 Å². The van der Waals surface area contributed by atoms with Gasteiger partial charge in [-0.2, -0.15) is 0 Å². The van der Waals surface area contributed by atoms with Crippen LogP contribution in [-0.4, -0.2) is 24.3 Å². The first kappa shape index (κ1) is 20.6. The Morgan fingerprint density at radius 1 is 0.871 bits per heavy atom. The van der Waals surface area contributed by atoms with Crippen LogP contribution in [0.15, 0.2) is 78.9 Å². The second-order valence-corrected chi connectivity index (χ2v) is 7.71. The van der Waals surface area contributed by atoms with Crippen molar-refractivity contribution in [3.8, 4) is 0 Å². The van der Waals surface area contributed by atoms with E-state index in [0.717, 1.165) is 0 Å². The van der Waals surface area contributed by atoms with Gasteiger partial charge in [-0.1, -0.05) is 41.9 Å². The van der Waals surface area contributed by atoms with E-state index in [1.807, 2.05) is 6.07 Å². The molecule has 1 heterocycles. The summed E-state index contributed by atoms with van der Waals surface area (Å²) in [6, 6.07) is 22.8. The third-order valence-electron chi connectivity index (χ3n) is 5.04. The number of hydrogen-bond donors (Lipinski definition) is 2. The molecule has 1 aliphatic rings. The molecular formula is C24H20ClN3O3. The molecule has 0 spiro atoms. The summed E-state index contributed by atoms with van der Waals surface area (Å²) in [6.45, 7) is 0.287. The van der Waals surface area contributed by atoms with Gasteiger partial charge in [-0.15, -0.1) is 0 Å². The first-order chi connectivity index (χ1) is 15.0. The minimum absolute atomic E-state index is 0.119. The lowest BCUT2D eigenvalue weighted by Crippen LogP contribution is -2.28. The van der Waals surface area contributed by atoms with Crippen LogP contribution in [0.1, 0.15) is 16.8 Å². The maximum absolute atomic E-state index is 12.8. The Balaban J connectivity index is 1.40. The standard InChI is InChI=1S/C24H20ClN3O3/c25-18-8-4-11-21(13-18)28-15-17(12-22(28)29)24(31)27-20-10-5-9-19(14-20)26-23(30)16-6-2-1-3-7-16/h1-11,13-14,17H,12,15H2,(H,26,30)(H,27,31).